The van der Waals surface area contributed by atoms with Crippen molar-refractivity contribution >= 4 is 22.5 Å². The maximum atomic E-state index is 9.80. The number of benzene rings is 1. The molecule has 146 valence electrons. The Balaban J connectivity index is 2.09. The number of nitriles is 1. The molecule has 0 fully saturated rings. The van der Waals surface area contributed by atoms with E-state index in [1.807, 2.05) is 31.2 Å². The number of pyridine rings is 1. The Labute approximate surface area is 167 Å². The molecule has 28 heavy (non-hydrogen) atoms. The number of nitrogens with zero attached hydrogens (tertiary/aromatic N) is 3. The number of aromatic nitrogens is 2. The number of allylic oxidation sites excluding steroid dienone is 1. The topological polar surface area (TPSA) is 57.6 Å². The predicted octanol–water partition coefficient (Wildman–Crippen LogP) is 3.12. The summed E-state index contributed by atoms with van der Waals surface area (Å²) in [7, 11) is 0. The van der Waals surface area contributed by atoms with Crippen molar-refractivity contribution in [2.45, 2.75) is 33.6 Å². The van der Waals surface area contributed by atoms with Crippen molar-refractivity contribution < 1.29 is 4.90 Å². The van der Waals surface area contributed by atoms with Crippen molar-refractivity contribution in [3.8, 4) is 6.07 Å². The molecule has 3 aromatic rings. The SMILES string of the molecule is C=CCc1c(C)c(C#N)c2nc3ccccc3n2c1NCCC[NH+](CC)CC. The van der Waals surface area contributed by atoms with Gasteiger partial charge in [0.25, 0.3) is 0 Å². The lowest BCUT2D eigenvalue weighted by Crippen LogP contribution is -3.11. The van der Waals surface area contributed by atoms with Gasteiger partial charge in [0.1, 0.15) is 11.9 Å². The fourth-order valence-electron chi connectivity index (χ4n) is 3.91. The van der Waals surface area contributed by atoms with Gasteiger partial charge < -0.3 is 10.2 Å². The first-order chi connectivity index (χ1) is 13.7. The number of fused-ring (bicyclic) bond motifs is 3. The van der Waals surface area contributed by atoms with Crippen LogP contribution >= 0.6 is 0 Å². The zero-order chi connectivity index (χ0) is 20.1. The summed E-state index contributed by atoms with van der Waals surface area (Å²) in [6, 6.07) is 10.4. The Hall–Kier alpha value is -2.84. The lowest BCUT2D eigenvalue weighted by atomic mass is 10.0. The molecule has 0 amide bonds. The second kappa shape index (κ2) is 8.90. The number of nitrogens with one attached hydrogen (secondary N) is 2. The summed E-state index contributed by atoms with van der Waals surface area (Å²) >= 11 is 0. The average Bonchev–Trinajstić information content (AvgIpc) is 3.09. The summed E-state index contributed by atoms with van der Waals surface area (Å²) in [6.07, 6.45) is 3.71. The second-order valence-electron chi connectivity index (χ2n) is 7.18. The Bertz CT molecular complexity index is 1020. The molecule has 0 saturated carbocycles. The first-order valence-corrected chi connectivity index (χ1v) is 10.2. The van der Waals surface area contributed by atoms with Crippen LogP contribution in [0.2, 0.25) is 0 Å². The monoisotopic (exact) mass is 376 g/mol. The number of hydrogen-bond donors (Lipinski definition) is 2. The van der Waals surface area contributed by atoms with Crippen LogP contribution in [0.25, 0.3) is 16.7 Å². The van der Waals surface area contributed by atoms with Crippen LogP contribution in [-0.4, -0.2) is 35.6 Å². The molecule has 0 atom stereocenters. The quantitative estimate of drug-likeness (QED) is 0.446. The molecule has 0 radical (unpaired) electrons. The first-order valence-electron chi connectivity index (χ1n) is 10.2. The lowest BCUT2D eigenvalue weighted by molar-refractivity contribution is -0.896. The van der Waals surface area contributed by atoms with Gasteiger partial charge in [0.15, 0.2) is 5.65 Å². The van der Waals surface area contributed by atoms with E-state index >= 15 is 0 Å². The van der Waals surface area contributed by atoms with E-state index in [-0.39, 0.29) is 0 Å². The number of hydrogen-bond acceptors (Lipinski definition) is 3. The van der Waals surface area contributed by atoms with Gasteiger partial charge in [-0.2, -0.15) is 5.26 Å². The van der Waals surface area contributed by atoms with Gasteiger partial charge in [-0.05, 0) is 44.9 Å². The Morgan fingerprint density at radius 2 is 2.04 bits per heavy atom. The molecule has 0 aliphatic carbocycles. The predicted molar refractivity (Wildman–Crippen MR) is 116 cm³/mol. The molecule has 3 rings (SSSR count). The van der Waals surface area contributed by atoms with Gasteiger partial charge in [0.2, 0.25) is 0 Å². The fourth-order valence-corrected chi connectivity index (χ4v) is 3.91. The van der Waals surface area contributed by atoms with Crippen molar-refractivity contribution in [2.24, 2.45) is 0 Å². The third-order valence-electron chi connectivity index (χ3n) is 5.58. The molecule has 2 heterocycles. The summed E-state index contributed by atoms with van der Waals surface area (Å²) in [5.41, 5.74) is 5.41. The zero-order valence-electron chi connectivity index (χ0n) is 17.2. The van der Waals surface area contributed by atoms with E-state index in [9.17, 15) is 5.26 Å². The number of rotatable bonds is 9. The van der Waals surface area contributed by atoms with Crippen LogP contribution < -0.4 is 10.2 Å². The normalized spacial score (nSPS) is 11.2. The highest BCUT2D eigenvalue weighted by molar-refractivity contribution is 5.86. The molecule has 5 heteroatoms. The molecule has 2 aromatic heterocycles. The van der Waals surface area contributed by atoms with Gasteiger partial charge >= 0.3 is 0 Å². The van der Waals surface area contributed by atoms with Crippen LogP contribution in [-0.2, 0) is 6.42 Å². The Morgan fingerprint density at radius 1 is 1.29 bits per heavy atom. The summed E-state index contributed by atoms with van der Waals surface area (Å²) in [4.78, 5) is 6.38. The standard InChI is InChI=1S/C23H29N5/c1-5-11-18-17(4)19(16-24)23-26-20-12-8-9-13-21(20)28(23)22(18)25-14-10-15-27(6-2)7-3/h5,8-9,12-13,25H,1,6-7,10-11,14-15H2,2-4H3/p+1. The number of quaternary nitrogens is 1. The minimum atomic E-state index is 0.645. The first kappa shape index (κ1) is 19.9. The van der Waals surface area contributed by atoms with Crippen molar-refractivity contribution in [3.05, 3.63) is 53.6 Å². The van der Waals surface area contributed by atoms with Crippen molar-refractivity contribution in [1.82, 2.24) is 9.38 Å². The minimum Gasteiger partial charge on any atom is -0.371 e. The van der Waals surface area contributed by atoms with Crippen molar-refractivity contribution in [2.75, 3.05) is 31.5 Å². The number of anilines is 1. The minimum absolute atomic E-state index is 0.645. The molecule has 0 unspecified atom stereocenters. The summed E-state index contributed by atoms with van der Waals surface area (Å²) in [6.45, 7) is 14.8. The largest absolute Gasteiger partial charge is 0.371 e. The molecule has 0 aliphatic heterocycles. The van der Waals surface area contributed by atoms with E-state index in [4.69, 9.17) is 4.98 Å². The van der Waals surface area contributed by atoms with Crippen LogP contribution in [0.1, 0.15) is 37.0 Å². The van der Waals surface area contributed by atoms with Crippen molar-refractivity contribution in [1.29, 1.82) is 5.26 Å². The zero-order valence-corrected chi connectivity index (χ0v) is 17.2. The number of imidazole rings is 1. The molecular weight excluding hydrogens is 346 g/mol. The lowest BCUT2D eigenvalue weighted by Gasteiger charge is -2.19. The van der Waals surface area contributed by atoms with Crippen LogP contribution in [0.15, 0.2) is 36.9 Å². The maximum Gasteiger partial charge on any atom is 0.157 e. The smallest absolute Gasteiger partial charge is 0.157 e. The maximum absolute atomic E-state index is 9.80. The molecule has 5 nitrogen and oxygen atoms in total. The molecule has 0 bridgehead atoms. The van der Waals surface area contributed by atoms with E-state index in [1.165, 1.54) is 0 Å². The second-order valence-corrected chi connectivity index (χ2v) is 7.18. The van der Waals surface area contributed by atoms with Crippen LogP contribution in [0, 0.1) is 18.3 Å². The third kappa shape index (κ3) is 3.61. The van der Waals surface area contributed by atoms with Crippen LogP contribution in [0.5, 0.6) is 0 Å². The molecule has 0 aliphatic rings. The number of para-hydroxylation sites is 2. The summed E-state index contributed by atoms with van der Waals surface area (Å²) in [5.74, 6) is 1.04. The van der Waals surface area contributed by atoms with E-state index < -0.39 is 0 Å². The highest BCUT2D eigenvalue weighted by atomic mass is 15.1. The highest BCUT2D eigenvalue weighted by Crippen LogP contribution is 2.31. The molecule has 2 N–H and O–H groups in total. The fraction of sp³-hybridized carbons (Fsp3) is 0.391. The average molecular weight is 377 g/mol. The highest BCUT2D eigenvalue weighted by Gasteiger charge is 2.19. The molecule has 0 saturated heterocycles. The van der Waals surface area contributed by atoms with Gasteiger partial charge in [-0.3, -0.25) is 4.40 Å². The third-order valence-corrected chi connectivity index (χ3v) is 5.58. The molecular formula is C23H30N5+. The Kier molecular flexibility index (Phi) is 6.33. The van der Waals surface area contributed by atoms with E-state index in [1.54, 1.807) is 4.90 Å². The van der Waals surface area contributed by atoms with Gasteiger partial charge in [0, 0.05) is 18.5 Å². The van der Waals surface area contributed by atoms with Gasteiger partial charge in [-0.1, -0.05) is 18.2 Å². The van der Waals surface area contributed by atoms with Gasteiger partial charge in [0.05, 0.1) is 36.2 Å². The Morgan fingerprint density at radius 3 is 2.71 bits per heavy atom. The van der Waals surface area contributed by atoms with Crippen LogP contribution in [0.3, 0.4) is 0 Å². The summed E-state index contributed by atoms with van der Waals surface area (Å²) in [5, 5.41) is 13.5. The van der Waals surface area contributed by atoms with Gasteiger partial charge in [-0.15, -0.1) is 6.58 Å². The van der Waals surface area contributed by atoms with E-state index in [0.717, 1.165) is 66.2 Å². The summed E-state index contributed by atoms with van der Waals surface area (Å²) < 4.78 is 2.12. The van der Waals surface area contributed by atoms with Crippen LogP contribution in [0.4, 0.5) is 5.82 Å². The van der Waals surface area contributed by atoms with E-state index in [2.05, 4.69) is 42.3 Å². The van der Waals surface area contributed by atoms with Crippen molar-refractivity contribution in [3.63, 3.8) is 0 Å². The molecule has 0 spiro atoms. The molecule has 1 aromatic carbocycles. The van der Waals surface area contributed by atoms with E-state index in [0.29, 0.717) is 12.0 Å². The van der Waals surface area contributed by atoms with Gasteiger partial charge in [-0.25, -0.2) is 4.98 Å².